The first kappa shape index (κ1) is 20.1. The fraction of sp³-hybridized carbons (Fsp3) is 0.217. The van der Waals surface area contributed by atoms with E-state index in [1.807, 2.05) is 61.7 Å². The number of imidazole rings is 1. The number of guanidine groups is 1. The molecule has 1 unspecified atom stereocenters. The van der Waals surface area contributed by atoms with E-state index in [1.54, 1.807) is 11.3 Å². The van der Waals surface area contributed by atoms with Crippen molar-refractivity contribution < 1.29 is 5.11 Å². The molecule has 4 aromatic rings. The van der Waals surface area contributed by atoms with Gasteiger partial charge in [0.2, 0.25) is 0 Å². The summed E-state index contributed by atoms with van der Waals surface area (Å²) in [4.78, 5) is 13.3. The molecule has 0 aliphatic carbocycles. The van der Waals surface area contributed by atoms with Crippen LogP contribution < -0.4 is 10.6 Å². The SMILES string of the molecule is CCNC(=NCc1ncc(-c2ccccc2)[nH]1)NCC(O)c1cc2ccccc2s1. The number of hydrogen-bond acceptors (Lipinski definition) is 4. The molecule has 0 aliphatic rings. The number of benzene rings is 2. The molecule has 0 saturated carbocycles. The van der Waals surface area contributed by atoms with Gasteiger partial charge >= 0.3 is 0 Å². The van der Waals surface area contributed by atoms with E-state index in [4.69, 9.17) is 0 Å². The molecule has 7 heteroatoms. The molecule has 6 nitrogen and oxygen atoms in total. The highest BCUT2D eigenvalue weighted by molar-refractivity contribution is 7.19. The summed E-state index contributed by atoms with van der Waals surface area (Å²) in [6.07, 6.45) is 1.23. The third-order valence-electron chi connectivity index (χ3n) is 4.68. The zero-order valence-electron chi connectivity index (χ0n) is 16.8. The highest BCUT2D eigenvalue weighted by atomic mass is 32.1. The standard InChI is InChI=1S/C23H25N5OS/c1-2-24-23(26-14-19(29)21-12-17-10-6-7-11-20(17)30-21)27-15-22-25-13-18(28-22)16-8-4-3-5-9-16/h3-13,19,29H,2,14-15H2,1H3,(H,25,28)(H2,24,26,27). The molecular weight excluding hydrogens is 394 g/mol. The van der Waals surface area contributed by atoms with Gasteiger partial charge in [-0.2, -0.15) is 0 Å². The fourth-order valence-corrected chi connectivity index (χ4v) is 4.21. The molecule has 0 aliphatic heterocycles. The average Bonchev–Trinajstić information content (AvgIpc) is 3.43. The fourth-order valence-electron chi connectivity index (χ4n) is 3.16. The van der Waals surface area contributed by atoms with Gasteiger partial charge in [-0.25, -0.2) is 9.98 Å². The summed E-state index contributed by atoms with van der Waals surface area (Å²) in [5.41, 5.74) is 2.07. The van der Waals surface area contributed by atoms with Crippen molar-refractivity contribution in [2.75, 3.05) is 13.1 Å². The second-order valence-corrected chi connectivity index (χ2v) is 8.00. The zero-order valence-corrected chi connectivity index (χ0v) is 17.6. The van der Waals surface area contributed by atoms with Crippen LogP contribution in [0.5, 0.6) is 0 Å². The molecule has 0 saturated heterocycles. The highest BCUT2D eigenvalue weighted by Gasteiger charge is 2.12. The van der Waals surface area contributed by atoms with Gasteiger partial charge in [0, 0.05) is 22.7 Å². The number of thiophene rings is 1. The lowest BCUT2D eigenvalue weighted by Gasteiger charge is -2.14. The number of H-pyrrole nitrogens is 1. The predicted molar refractivity (Wildman–Crippen MR) is 124 cm³/mol. The van der Waals surface area contributed by atoms with Gasteiger partial charge in [-0.3, -0.25) is 0 Å². The Bertz CT molecular complexity index is 1090. The van der Waals surface area contributed by atoms with Crippen LogP contribution >= 0.6 is 11.3 Å². The van der Waals surface area contributed by atoms with Gasteiger partial charge in [-0.1, -0.05) is 48.5 Å². The van der Waals surface area contributed by atoms with Gasteiger partial charge < -0.3 is 20.7 Å². The monoisotopic (exact) mass is 419 g/mol. The molecule has 0 amide bonds. The summed E-state index contributed by atoms with van der Waals surface area (Å²) in [5, 5.41) is 18.2. The molecule has 2 aromatic heterocycles. The van der Waals surface area contributed by atoms with E-state index in [9.17, 15) is 5.11 Å². The summed E-state index contributed by atoms with van der Waals surface area (Å²) in [6.45, 7) is 3.55. The summed E-state index contributed by atoms with van der Waals surface area (Å²) >= 11 is 1.62. The van der Waals surface area contributed by atoms with Crippen LogP contribution in [0.15, 0.2) is 71.9 Å². The molecular formula is C23H25N5OS. The van der Waals surface area contributed by atoms with Gasteiger partial charge in [-0.15, -0.1) is 11.3 Å². The van der Waals surface area contributed by atoms with Gasteiger partial charge in [-0.05, 0) is 30.0 Å². The van der Waals surface area contributed by atoms with Crippen LogP contribution in [0.25, 0.3) is 21.3 Å². The van der Waals surface area contributed by atoms with Crippen LogP contribution in [-0.4, -0.2) is 34.1 Å². The molecule has 0 bridgehead atoms. The number of rotatable bonds is 7. The lowest BCUT2D eigenvalue weighted by Crippen LogP contribution is -2.39. The lowest BCUT2D eigenvalue weighted by molar-refractivity contribution is 0.184. The Kier molecular flexibility index (Phi) is 6.41. The zero-order chi connectivity index (χ0) is 20.8. The van der Waals surface area contributed by atoms with Gasteiger partial charge in [0.05, 0.1) is 11.9 Å². The molecule has 2 aromatic carbocycles. The maximum absolute atomic E-state index is 10.6. The van der Waals surface area contributed by atoms with Crippen LogP contribution in [-0.2, 0) is 6.54 Å². The molecule has 0 radical (unpaired) electrons. The number of aromatic amines is 1. The number of aliphatic imine (C=N–C) groups is 1. The summed E-state index contributed by atoms with van der Waals surface area (Å²) < 4.78 is 1.18. The van der Waals surface area contributed by atoms with Gasteiger partial charge in [0.15, 0.2) is 5.96 Å². The van der Waals surface area contributed by atoms with Crippen molar-refractivity contribution in [3.8, 4) is 11.3 Å². The Morgan fingerprint density at radius 1 is 1.13 bits per heavy atom. The molecule has 2 heterocycles. The minimum Gasteiger partial charge on any atom is -0.386 e. The van der Waals surface area contributed by atoms with E-state index in [0.29, 0.717) is 19.0 Å². The number of aromatic nitrogens is 2. The number of nitrogens with one attached hydrogen (secondary N) is 3. The lowest BCUT2D eigenvalue weighted by atomic mass is 10.2. The van der Waals surface area contributed by atoms with Crippen molar-refractivity contribution in [2.45, 2.75) is 19.6 Å². The summed E-state index contributed by atoms with van der Waals surface area (Å²) in [7, 11) is 0. The molecule has 0 spiro atoms. The number of aliphatic hydroxyl groups excluding tert-OH is 1. The number of aliphatic hydroxyl groups is 1. The molecule has 0 fully saturated rings. The minimum absolute atomic E-state index is 0.381. The van der Waals surface area contributed by atoms with Gasteiger partial charge in [0.1, 0.15) is 18.5 Å². The Labute approximate surface area is 179 Å². The minimum atomic E-state index is -0.598. The smallest absolute Gasteiger partial charge is 0.191 e. The van der Waals surface area contributed by atoms with Crippen molar-refractivity contribution in [3.05, 3.63) is 77.6 Å². The van der Waals surface area contributed by atoms with E-state index in [0.717, 1.165) is 33.9 Å². The molecule has 4 rings (SSSR count). The average molecular weight is 420 g/mol. The van der Waals surface area contributed by atoms with Crippen LogP contribution in [0.3, 0.4) is 0 Å². The van der Waals surface area contributed by atoms with Crippen LogP contribution in [0, 0.1) is 0 Å². The first-order valence-corrected chi connectivity index (χ1v) is 10.8. The van der Waals surface area contributed by atoms with Gasteiger partial charge in [0.25, 0.3) is 0 Å². The van der Waals surface area contributed by atoms with E-state index < -0.39 is 6.10 Å². The van der Waals surface area contributed by atoms with Crippen LogP contribution in [0.1, 0.15) is 23.7 Å². The predicted octanol–water partition coefficient (Wildman–Crippen LogP) is 4.08. The molecule has 30 heavy (non-hydrogen) atoms. The van der Waals surface area contributed by atoms with Crippen molar-refractivity contribution in [3.63, 3.8) is 0 Å². The van der Waals surface area contributed by atoms with Crippen molar-refractivity contribution in [2.24, 2.45) is 4.99 Å². The summed E-state index contributed by atoms with van der Waals surface area (Å²) in [6, 6.07) is 20.3. The topological polar surface area (TPSA) is 85.3 Å². The largest absolute Gasteiger partial charge is 0.386 e. The van der Waals surface area contributed by atoms with Crippen molar-refractivity contribution >= 4 is 27.4 Å². The third-order valence-corrected chi connectivity index (χ3v) is 5.90. The Hall–Kier alpha value is -3.16. The van der Waals surface area contributed by atoms with E-state index >= 15 is 0 Å². The normalized spacial score (nSPS) is 12.8. The Balaban J connectivity index is 1.38. The molecule has 1 atom stereocenters. The van der Waals surface area contributed by atoms with Crippen LogP contribution in [0.4, 0.5) is 0 Å². The number of fused-ring (bicyclic) bond motifs is 1. The number of nitrogens with zero attached hydrogens (tertiary/aromatic N) is 2. The maximum Gasteiger partial charge on any atom is 0.191 e. The Morgan fingerprint density at radius 2 is 1.93 bits per heavy atom. The van der Waals surface area contributed by atoms with E-state index in [-0.39, 0.29) is 0 Å². The van der Waals surface area contributed by atoms with Crippen LogP contribution in [0.2, 0.25) is 0 Å². The third kappa shape index (κ3) is 4.87. The first-order chi connectivity index (χ1) is 14.7. The van der Waals surface area contributed by atoms with E-state index in [1.165, 1.54) is 4.70 Å². The number of hydrogen-bond donors (Lipinski definition) is 4. The van der Waals surface area contributed by atoms with E-state index in [2.05, 4.69) is 37.7 Å². The second-order valence-electron chi connectivity index (χ2n) is 6.89. The van der Waals surface area contributed by atoms with Crippen molar-refractivity contribution in [1.82, 2.24) is 20.6 Å². The quantitative estimate of drug-likeness (QED) is 0.269. The maximum atomic E-state index is 10.6. The second kappa shape index (κ2) is 9.56. The summed E-state index contributed by atoms with van der Waals surface area (Å²) in [5.74, 6) is 1.44. The highest BCUT2D eigenvalue weighted by Crippen LogP contribution is 2.29. The van der Waals surface area contributed by atoms with Crippen molar-refractivity contribution in [1.29, 1.82) is 0 Å². The Morgan fingerprint density at radius 3 is 2.73 bits per heavy atom. The first-order valence-electron chi connectivity index (χ1n) is 10.0. The molecule has 4 N–H and O–H groups in total. The molecule has 154 valence electrons.